The minimum Gasteiger partial charge on any atom is -0.494 e. The first-order valence-electron chi connectivity index (χ1n) is 9.78. The second-order valence-corrected chi connectivity index (χ2v) is 7.73. The Hall–Kier alpha value is -3.30. The van der Waals surface area contributed by atoms with Crippen LogP contribution >= 0.6 is 23.4 Å². The van der Waals surface area contributed by atoms with E-state index in [1.807, 2.05) is 54.0 Å². The molecule has 3 amide bonds. The van der Waals surface area contributed by atoms with Gasteiger partial charge in [-0.3, -0.25) is 14.7 Å². The average molecular weight is 472 g/mol. The van der Waals surface area contributed by atoms with Crippen LogP contribution in [0, 0.1) is 0 Å². The maximum absolute atomic E-state index is 12.2. The van der Waals surface area contributed by atoms with Crippen LogP contribution in [0.2, 0.25) is 5.02 Å². The summed E-state index contributed by atoms with van der Waals surface area (Å²) >= 11 is 7.55. The Balaban J connectivity index is 1.88. The molecule has 8 nitrogen and oxygen atoms in total. The molecule has 1 aromatic heterocycles. The van der Waals surface area contributed by atoms with E-state index < -0.39 is 11.9 Å². The SMILES string of the molecule is C=CCNC(=O)NC(=O)CSc1nnc(-c2ccccc2Cl)n1-c1ccc(OCC)cc1. The fourth-order valence-corrected chi connectivity index (χ4v) is 3.75. The quantitative estimate of drug-likeness (QED) is 0.360. The first-order valence-corrected chi connectivity index (χ1v) is 11.1. The number of nitrogens with one attached hydrogen (secondary N) is 2. The maximum atomic E-state index is 12.2. The molecule has 3 aromatic rings. The van der Waals surface area contributed by atoms with Crippen LogP contribution in [0.25, 0.3) is 17.1 Å². The van der Waals surface area contributed by atoms with Crippen LogP contribution in [0.1, 0.15) is 6.92 Å². The van der Waals surface area contributed by atoms with E-state index in [0.717, 1.165) is 23.2 Å². The van der Waals surface area contributed by atoms with Gasteiger partial charge in [0.15, 0.2) is 11.0 Å². The molecule has 0 unspecified atom stereocenters. The van der Waals surface area contributed by atoms with Crippen molar-refractivity contribution >= 4 is 35.3 Å². The van der Waals surface area contributed by atoms with Gasteiger partial charge >= 0.3 is 6.03 Å². The van der Waals surface area contributed by atoms with E-state index in [-0.39, 0.29) is 12.3 Å². The number of hydrogen-bond donors (Lipinski definition) is 2. The summed E-state index contributed by atoms with van der Waals surface area (Å²) in [6.45, 7) is 6.25. The molecular formula is C22H22ClN5O3S. The van der Waals surface area contributed by atoms with E-state index in [2.05, 4.69) is 27.4 Å². The van der Waals surface area contributed by atoms with Crippen molar-refractivity contribution in [1.29, 1.82) is 0 Å². The van der Waals surface area contributed by atoms with E-state index in [9.17, 15) is 9.59 Å². The fourth-order valence-electron chi connectivity index (χ4n) is 2.77. The number of nitrogens with zero attached hydrogens (tertiary/aromatic N) is 3. The van der Waals surface area contributed by atoms with E-state index in [1.54, 1.807) is 6.07 Å². The number of rotatable bonds is 9. The summed E-state index contributed by atoms with van der Waals surface area (Å²) in [7, 11) is 0. The molecule has 3 rings (SSSR count). The number of imide groups is 1. The number of carbonyl (C=O) groups is 2. The minimum atomic E-state index is -0.583. The lowest BCUT2D eigenvalue weighted by atomic mass is 10.2. The lowest BCUT2D eigenvalue weighted by molar-refractivity contribution is -0.117. The third kappa shape index (κ3) is 5.89. The smallest absolute Gasteiger partial charge is 0.321 e. The molecule has 0 atom stereocenters. The van der Waals surface area contributed by atoms with Gasteiger partial charge in [0.05, 0.1) is 17.4 Å². The van der Waals surface area contributed by atoms with E-state index in [4.69, 9.17) is 16.3 Å². The zero-order chi connectivity index (χ0) is 22.9. The molecule has 2 N–H and O–H groups in total. The number of halogens is 1. The van der Waals surface area contributed by atoms with Crippen molar-refractivity contribution in [2.45, 2.75) is 12.1 Å². The van der Waals surface area contributed by atoms with Crippen LogP contribution in [0.15, 0.2) is 66.3 Å². The van der Waals surface area contributed by atoms with E-state index in [0.29, 0.717) is 28.2 Å². The largest absolute Gasteiger partial charge is 0.494 e. The molecule has 0 saturated carbocycles. The van der Waals surface area contributed by atoms with Gasteiger partial charge in [-0.05, 0) is 43.3 Å². The molecule has 10 heteroatoms. The van der Waals surface area contributed by atoms with Crippen LogP contribution in [0.4, 0.5) is 4.79 Å². The molecule has 0 radical (unpaired) electrons. The van der Waals surface area contributed by atoms with Crippen LogP contribution in [0.5, 0.6) is 5.75 Å². The molecule has 1 heterocycles. The molecule has 32 heavy (non-hydrogen) atoms. The molecule has 0 aliphatic heterocycles. The van der Waals surface area contributed by atoms with Gasteiger partial charge in [-0.1, -0.05) is 41.6 Å². The normalized spacial score (nSPS) is 10.4. The maximum Gasteiger partial charge on any atom is 0.321 e. The molecule has 0 bridgehead atoms. The highest BCUT2D eigenvalue weighted by atomic mass is 35.5. The van der Waals surface area contributed by atoms with Gasteiger partial charge in [-0.2, -0.15) is 0 Å². The number of carbonyl (C=O) groups excluding carboxylic acids is 2. The Labute approximate surface area is 195 Å². The first-order chi connectivity index (χ1) is 15.5. The zero-order valence-electron chi connectivity index (χ0n) is 17.4. The lowest BCUT2D eigenvalue weighted by Crippen LogP contribution is -2.40. The third-order valence-corrected chi connectivity index (χ3v) is 5.40. The summed E-state index contributed by atoms with van der Waals surface area (Å²) in [6, 6.07) is 14.2. The molecule has 0 spiro atoms. The van der Waals surface area contributed by atoms with Crippen molar-refractivity contribution in [3.05, 3.63) is 66.2 Å². The molecule has 2 aromatic carbocycles. The van der Waals surface area contributed by atoms with Gasteiger partial charge in [0, 0.05) is 17.8 Å². The Kier molecular flexibility index (Phi) is 8.29. The number of thioether (sulfide) groups is 1. The highest BCUT2D eigenvalue weighted by Crippen LogP contribution is 2.32. The minimum absolute atomic E-state index is 0.0286. The molecule has 0 saturated heterocycles. The number of hydrogen-bond acceptors (Lipinski definition) is 6. The van der Waals surface area contributed by atoms with Crippen LogP contribution in [0.3, 0.4) is 0 Å². The molecule has 0 fully saturated rings. The van der Waals surface area contributed by atoms with Crippen LogP contribution in [-0.2, 0) is 4.79 Å². The highest BCUT2D eigenvalue weighted by molar-refractivity contribution is 7.99. The van der Waals surface area contributed by atoms with Gasteiger partial charge in [-0.25, -0.2) is 4.79 Å². The topological polar surface area (TPSA) is 98.1 Å². The number of ether oxygens (including phenoxy) is 1. The van der Waals surface area contributed by atoms with Crippen molar-refractivity contribution in [1.82, 2.24) is 25.4 Å². The predicted molar refractivity (Wildman–Crippen MR) is 125 cm³/mol. The lowest BCUT2D eigenvalue weighted by Gasteiger charge is -2.12. The Bertz CT molecular complexity index is 1100. The van der Waals surface area contributed by atoms with E-state index >= 15 is 0 Å². The van der Waals surface area contributed by atoms with Crippen molar-refractivity contribution in [3.8, 4) is 22.8 Å². The molecule has 166 valence electrons. The first kappa shape index (κ1) is 23.4. The molecular weight excluding hydrogens is 450 g/mol. The summed E-state index contributed by atoms with van der Waals surface area (Å²) in [5, 5.41) is 14.3. The van der Waals surface area contributed by atoms with Gasteiger partial charge < -0.3 is 10.1 Å². The fraction of sp³-hybridized carbons (Fsp3) is 0.182. The summed E-state index contributed by atoms with van der Waals surface area (Å²) in [4.78, 5) is 23.8. The number of urea groups is 1. The summed E-state index contributed by atoms with van der Waals surface area (Å²) < 4.78 is 7.33. The second kappa shape index (κ2) is 11.4. The third-order valence-electron chi connectivity index (χ3n) is 4.15. The summed E-state index contributed by atoms with van der Waals surface area (Å²) in [6.07, 6.45) is 1.52. The highest BCUT2D eigenvalue weighted by Gasteiger charge is 2.19. The van der Waals surface area contributed by atoms with Crippen molar-refractivity contribution in [3.63, 3.8) is 0 Å². The summed E-state index contributed by atoms with van der Waals surface area (Å²) in [5.41, 5.74) is 1.48. The predicted octanol–water partition coefficient (Wildman–Crippen LogP) is 4.09. The zero-order valence-corrected chi connectivity index (χ0v) is 18.9. The van der Waals surface area contributed by atoms with Gasteiger partial charge in [0.1, 0.15) is 5.75 Å². The average Bonchev–Trinajstić information content (AvgIpc) is 3.21. The standard InChI is InChI=1S/C22H22ClN5O3S/c1-3-13-24-21(30)25-19(29)14-32-22-27-26-20(17-7-5-6-8-18(17)23)28(22)15-9-11-16(12-10-15)31-4-2/h3,5-12H,1,4,13-14H2,2H3,(H2,24,25,29,30). The van der Waals surface area contributed by atoms with Crippen molar-refractivity contribution < 1.29 is 14.3 Å². The van der Waals surface area contributed by atoms with Gasteiger partial charge in [0.25, 0.3) is 0 Å². The Morgan fingerprint density at radius 1 is 1.19 bits per heavy atom. The van der Waals surface area contributed by atoms with Crippen molar-refractivity contribution in [2.75, 3.05) is 18.9 Å². The van der Waals surface area contributed by atoms with Crippen LogP contribution < -0.4 is 15.4 Å². The summed E-state index contributed by atoms with van der Waals surface area (Å²) in [5.74, 6) is 0.783. The second-order valence-electron chi connectivity index (χ2n) is 6.38. The Morgan fingerprint density at radius 3 is 2.62 bits per heavy atom. The van der Waals surface area contributed by atoms with Crippen LogP contribution in [-0.4, -0.2) is 45.6 Å². The molecule has 0 aliphatic rings. The number of aromatic nitrogens is 3. The monoisotopic (exact) mass is 471 g/mol. The Morgan fingerprint density at radius 2 is 1.94 bits per heavy atom. The number of benzene rings is 2. The number of amides is 3. The van der Waals surface area contributed by atoms with E-state index in [1.165, 1.54) is 6.08 Å². The molecule has 0 aliphatic carbocycles. The van der Waals surface area contributed by atoms with Gasteiger partial charge in [0.2, 0.25) is 5.91 Å². The van der Waals surface area contributed by atoms with Gasteiger partial charge in [-0.15, -0.1) is 16.8 Å². The van der Waals surface area contributed by atoms with Crippen molar-refractivity contribution in [2.24, 2.45) is 0 Å².